The summed E-state index contributed by atoms with van der Waals surface area (Å²) in [7, 11) is 4.74. The Labute approximate surface area is 199 Å². The van der Waals surface area contributed by atoms with Crippen LogP contribution in [0.3, 0.4) is 0 Å². The zero-order valence-electron chi connectivity index (χ0n) is 20.7. The van der Waals surface area contributed by atoms with Gasteiger partial charge in [0.15, 0.2) is 17.3 Å². The molecule has 0 bridgehead atoms. The molecule has 1 unspecified atom stereocenters. The Morgan fingerprint density at radius 1 is 1.03 bits per heavy atom. The molecule has 178 valence electrons. The number of hydrogen-bond acceptors (Lipinski definition) is 5. The monoisotopic (exact) mass is 460 g/mol. The van der Waals surface area contributed by atoms with Crippen LogP contribution in [0.5, 0.6) is 17.2 Å². The first-order valence-electron chi connectivity index (χ1n) is 11.7. The summed E-state index contributed by atoms with van der Waals surface area (Å²) in [6, 6.07) is 3.68. The highest BCUT2D eigenvalue weighted by atomic mass is 32.1. The van der Waals surface area contributed by atoms with E-state index in [-0.39, 0.29) is 17.1 Å². The molecule has 1 saturated carbocycles. The Hall–Kier alpha value is -1.88. The number of carbonyl (C=O) groups is 1. The number of ether oxygens (including phenoxy) is 3. The molecule has 0 radical (unpaired) electrons. The predicted molar refractivity (Wildman–Crippen MR) is 136 cm³/mol. The van der Waals surface area contributed by atoms with Crippen molar-refractivity contribution in [3.63, 3.8) is 0 Å². The molecule has 0 aromatic heterocycles. The zero-order valence-corrected chi connectivity index (χ0v) is 21.5. The van der Waals surface area contributed by atoms with Crippen LogP contribution >= 0.6 is 12.2 Å². The molecule has 0 spiro atoms. The van der Waals surface area contributed by atoms with Crippen molar-refractivity contribution in [1.82, 2.24) is 0 Å². The van der Waals surface area contributed by atoms with Crippen molar-refractivity contribution in [3.8, 4) is 17.2 Å². The third-order valence-corrected chi connectivity index (χ3v) is 6.87. The van der Waals surface area contributed by atoms with E-state index in [0.29, 0.717) is 23.7 Å². The van der Waals surface area contributed by atoms with Gasteiger partial charge in [-0.3, -0.25) is 4.79 Å². The van der Waals surface area contributed by atoms with Gasteiger partial charge in [0.05, 0.1) is 21.3 Å². The van der Waals surface area contributed by atoms with Crippen LogP contribution in [0.25, 0.3) is 6.08 Å². The summed E-state index contributed by atoms with van der Waals surface area (Å²) < 4.78 is 16.2. The number of ketones is 1. The number of hydrogen-bond donors (Lipinski definition) is 0. The summed E-state index contributed by atoms with van der Waals surface area (Å²) in [4.78, 5) is 14.0. The van der Waals surface area contributed by atoms with E-state index in [9.17, 15) is 4.79 Å². The van der Waals surface area contributed by atoms with Gasteiger partial charge in [-0.25, -0.2) is 0 Å². The molecular formula is C27H40O4S. The lowest BCUT2D eigenvalue weighted by atomic mass is 9.74. The largest absolute Gasteiger partial charge is 0.493 e. The average Bonchev–Trinajstić information content (AvgIpc) is 2.76. The molecular weight excluding hydrogens is 420 g/mol. The van der Waals surface area contributed by atoms with E-state index in [1.165, 1.54) is 32.1 Å². The van der Waals surface area contributed by atoms with Crippen LogP contribution < -0.4 is 14.2 Å². The molecule has 1 aromatic carbocycles. The van der Waals surface area contributed by atoms with E-state index >= 15 is 0 Å². The van der Waals surface area contributed by atoms with Crippen molar-refractivity contribution in [2.24, 2.45) is 17.3 Å². The van der Waals surface area contributed by atoms with E-state index in [2.05, 4.69) is 20.8 Å². The van der Waals surface area contributed by atoms with Crippen molar-refractivity contribution >= 4 is 28.9 Å². The van der Waals surface area contributed by atoms with E-state index in [1.807, 2.05) is 18.2 Å². The third kappa shape index (κ3) is 7.91. The van der Waals surface area contributed by atoms with E-state index < -0.39 is 0 Å². The lowest BCUT2D eigenvalue weighted by Gasteiger charge is -2.31. The highest BCUT2D eigenvalue weighted by Gasteiger charge is 2.28. The minimum absolute atomic E-state index is 0.0205. The lowest BCUT2D eigenvalue weighted by molar-refractivity contribution is -0.116. The summed E-state index contributed by atoms with van der Waals surface area (Å²) in [6.45, 7) is 6.62. The standard InChI is InChI=1S/C27H40O4S/c1-27(2,3)21(18-23(32)14-19-10-8-7-9-11-19)17-22(28)13-12-20-15-24(29-4)26(31-6)25(16-20)30-5/h12-13,15-16,19,21H,7-11,14,17-18H2,1-6H3/b13-12+. The molecule has 32 heavy (non-hydrogen) atoms. The van der Waals surface area contributed by atoms with Crippen LogP contribution in [0.15, 0.2) is 18.2 Å². The molecule has 5 heteroatoms. The van der Waals surface area contributed by atoms with Gasteiger partial charge in [-0.05, 0) is 58.7 Å². The van der Waals surface area contributed by atoms with Gasteiger partial charge in [-0.15, -0.1) is 0 Å². The van der Waals surface area contributed by atoms with E-state index in [4.69, 9.17) is 26.4 Å². The molecule has 1 fully saturated rings. The molecule has 1 aliphatic rings. The molecule has 1 aromatic rings. The normalized spacial score (nSPS) is 16.1. The first-order valence-corrected chi connectivity index (χ1v) is 12.1. The van der Waals surface area contributed by atoms with Gasteiger partial charge in [0.1, 0.15) is 0 Å². The highest BCUT2D eigenvalue weighted by Crippen LogP contribution is 2.39. The maximum absolute atomic E-state index is 12.9. The van der Waals surface area contributed by atoms with Crippen molar-refractivity contribution < 1.29 is 19.0 Å². The molecule has 1 aliphatic carbocycles. The van der Waals surface area contributed by atoms with Crippen LogP contribution in [0.1, 0.15) is 77.7 Å². The third-order valence-electron chi connectivity index (χ3n) is 6.54. The summed E-state index contributed by atoms with van der Waals surface area (Å²) in [5.41, 5.74) is 0.847. The van der Waals surface area contributed by atoms with Crippen LogP contribution in [0.2, 0.25) is 0 Å². The number of benzene rings is 1. The molecule has 1 atom stereocenters. The summed E-state index contributed by atoms with van der Waals surface area (Å²) >= 11 is 5.78. The minimum atomic E-state index is 0.0205. The van der Waals surface area contributed by atoms with Crippen LogP contribution in [0, 0.1) is 17.3 Å². The predicted octanol–water partition coefficient (Wildman–Crippen LogP) is 7.08. The number of thiocarbonyl (C=S) groups is 1. The smallest absolute Gasteiger partial charge is 0.203 e. The first-order chi connectivity index (χ1) is 15.2. The molecule has 0 saturated heterocycles. The van der Waals surface area contributed by atoms with Gasteiger partial charge in [-0.2, -0.15) is 0 Å². The fraction of sp³-hybridized carbons (Fsp3) is 0.630. The molecule has 0 N–H and O–H groups in total. The number of carbonyl (C=O) groups excluding carboxylic acids is 1. The molecule has 0 aliphatic heterocycles. The van der Waals surface area contributed by atoms with Crippen molar-refractivity contribution in [2.75, 3.05) is 21.3 Å². The van der Waals surface area contributed by atoms with E-state index in [0.717, 1.165) is 29.2 Å². The summed E-state index contributed by atoms with van der Waals surface area (Å²) in [5.74, 6) is 2.76. The topological polar surface area (TPSA) is 44.8 Å². The Kier molecular flexibility index (Phi) is 10.2. The highest BCUT2D eigenvalue weighted by molar-refractivity contribution is 7.80. The molecule has 4 nitrogen and oxygen atoms in total. The second kappa shape index (κ2) is 12.4. The first kappa shape index (κ1) is 26.4. The maximum atomic E-state index is 12.9. The molecule has 2 rings (SSSR count). The Bertz CT molecular complexity index is 775. The van der Waals surface area contributed by atoms with Crippen molar-refractivity contribution in [1.29, 1.82) is 0 Å². The molecule has 0 amide bonds. The summed E-state index contributed by atoms with van der Waals surface area (Å²) in [6.07, 6.45) is 12.5. The van der Waals surface area contributed by atoms with Crippen LogP contribution in [-0.2, 0) is 4.79 Å². The van der Waals surface area contributed by atoms with Gasteiger partial charge < -0.3 is 14.2 Å². The molecule has 0 heterocycles. The second-order valence-electron chi connectivity index (χ2n) is 9.98. The number of allylic oxidation sites excluding steroid dienone is 1. The maximum Gasteiger partial charge on any atom is 0.203 e. The summed E-state index contributed by atoms with van der Waals surface area (Å²) in [5, 5.41) is 0. The minimum Gasteiger partial charge on any atom is -0.493 e. The van der Waals surface area contributed by atoms with Crippen LogP contribution in [0.4, 0.5) is 0 Å². The van der Waals surface area contributed by atoms with Crippen LogP contribution in [-0.4, -0.2) is 32.0 Å². The second-order valence-corrected chi connectivity index (χ2v) is 10.6. The number of methoxy groups -OCH3 is 3. The SMILES string of the molecule is COc1cc(/C=C/C(=O)CC(CC(=S)CC2CCCCC2)C(C)(C)C)cc(OC)c1OC. The van der Waals surface area contributed by atoms with Gasteiger partial charge in [0.2, 0.25) is 5.75 Å². The zero-order chi connectivity index (χ0) is 23.7. The Morgan fingerprint density at radius 2 is 1.62 bits per heavy atom. The van der Waals surface area contributed by atoms with Crippen molar-refractivity contribution in [2.45, 2.75) is 72.1 Å². The van der Waals surface area contributed by atoms with Gasteiger partial charge in [0.25, 0.3) is 0 Å². The van der Waals surface area contributed by atoms with E-state index in [1.54, 1.807) is 27.4 Å². The van der Waals surface area contributed by atoms with Gasteiger partial charge >= 0.3 is 0 Å². The van der Waals surface area contributed by atoms with Gasteiger partial charge in [-0.1, -0.05) is 71.2 Å². The Balaban J connectivity index is 2.05. The van der Waals surface area contributed by atoms with Gasteiger partial charge in [0, 0.05) is 6.42 Å². The van der Waals surface area contributed by atoms with Crippen molar-refractivity contribution in [3.05, 3.63) is 23.8 Å². The Morgan fingerprint density at radius 3 is 2.12 bits per heavy atom. The fourth-order valence-corrected chi connectivity index (χ4v) is 4.89. The average molecular weight is 461 g/mol. The number of rotatable bonds is 11. The fourth-order valence-electron chi connectivity index (χ4n) is 4.45. The quantitative estimate of drug-likeness (QED) is 0.261. The lowest BCUT2D eigenvalue weighted by Crippen LogP contribution is -2.26.